The van der Waals surface area contributed by atoms with Crippen molar-refractivity contribution in [2.75, 3.05) is 44.6 Å². The SMILES string of the molecule is O=C(Nc1cc(Cl)c(CC(=O)C(OC2CCC(C(=O)O)CC2)(N2CCCC2)N2CCN(C3CCCCC3)CC2)cc1Cl)c1coc2ccccc12. The second kappa shape index (κ2) is 15.9. The first-order valence-electron chi connectivity index (χ1n) is 18.7. The van der Waals surface area contributed by atoms with Crippen molar-refractivity contribution < 1.29 is 28.6 Å². The number of amides is 1. The van der Waals surface area contributed by atoms with Gasteiger partial charge in [-0.1, -0.05) is 60.7 Å². The number of hydrogen-bond donors (Lipinski definition) is 2. The minimum absolute atomic E-state index is 0.0110. The fourth-order valence-electron chi connectivity index (χ4n) is 8.73. The lowest BCUT2D eigenvalue weighted by atomic mass is 9.87. The predicted molar refractivity (Wildman–Crippen MR) is 197 cm³/mol. The van der Waals surface area contributed by atoms with Crippen LogP contribution in [0, 0.1) is 5.92 Å². The van der Waals surface area contributed by atoms with Gasteiger partial charge in [-0.05, 0) is 75.1 Å². The number of nitrogens with zero attached hydrogens (tertiary/aromatic N) is 3. The average molecular weight is 740 g/mol. The highest BCUT2D eigenvalue weighted by Gasteiger charge is 2.53. The van der Waals surface area contributed by atoms with Gasteiger partial charge in [0.2, 0.25) is 5.85 Å². The molecule has 3 heterocycles. The molecule has 2 saturated heterocycles. The summed E-state index contributed by atoms with van der Waals surface area (Å²) in [6, 6.07) is 11.2. The maximum Gasteiger partial charge on any atom is 0.306 e. The van der Waals surface area contributed by atoms with Gasteiger partial charge in [-0.2, -0.15) is 0 Å². The molecule has 1 aromatic heterocycles. The summed E-state index contributed by atoms with van der Waals surface area (Å²) < 4.78 is 12.7. The molecule has 0 radical (unpaired) electrons. The second-order valence-electron chi connectivity index (χ2n) is 14.7. The van der Waals surface area contributed by atoms with Crippen LogP contribution < -0.4 is 5.32 Å². The number of furan rings is 1. The molecule has 2 saturated carbocycles. The second-order valence-corrected chi connectivity index (χ2v) is 15.5. The molecule has 4 aliphatic rings. The molecule has 0 spiro atoms. The zero-order valence-corrected chi connectivity index (χ0v) is 30.6. The van der Waals surface area contributed by atoms with Crippen LogP contribution >= 0.6 is 23.2 Å². The van der Waals surface area contributed by atoms with Gasteiger partial charge in [0, 0.05) is 62.1 Å². The van der Waals surface area contributed by atoms with Gasteiger partial charge in [-0.3, -0.25) is 29.1 Å². The third-order valence-corrected chi connectivity index (χ3v) is 12.2. The highest BCUT2D eigenvalue weighted by molar-refractivity contribution is 6.36. The standard InChI is InChI=1S/C39H48Cl2N4O6/c40-32-24-34(42-37(47)31-25-50-35-11-5-4-10-30(31)35)33(41)22-27(32)23-36(46)39(44-16-6-7-17-44,51-29-14-12-26(13-15-29)38(48)49)45-20-18-43(19-21-45)28-8-2-1-3-9-28/h4-5,10-11,22,24-26,28-29H,1-3,6-9,12-21,23H2,(H,42,47)(H,48,49). The zero-order chi connectivity index (χ0) is 35.5. The van der Waals surface area contributed by atoms with Gasteiger partial charge in [-0.25, -0.2) is 0 Å². The van der Waals surface area contributed by atoms with Crippen molar-refractivity contribution in [2.45, 2.75) is 95.0 Å². The Kier molecular flexibility index (Phi) is 11.4. The normalized spacial score (nSPS) is 24.0. The van der Waals surface area contributed by atoms with Crippen LogP contribution in [0.25, 0.3) is 11.0 Å². The topological polar surface area (TPSA) is 116 Å². The van der Waals surface area contributed by atoms with E-state index in [4.69, 9.17) is 32.4 Å². The molecule has 1 unspecified atom stereocenters. The fraction of sp³-hybridized carbons (Fsp3) is 0.564. The van der Waals surface area contributed by atoms with Gasteiger partial charge < -0.3 is 19.6 Å². The number of halogens is 2. The number of nitrogens with one attached hydrogen (secondary N) is 1. The highest BCUT2D eigenvalue weighted by Crippen LogP contribution is 2.38. The van der Waals surface area contributed by atoms with E-state index in [-0.39, 0.29) is 35.2 Å². The number of para-hydroxylation sites is 1. The van der Waals surface area contributed by atoms with E-state index in [0.29, 0.717) is 77.6 Å². The number of anilines is 1. The van der Waals surface area contributed by atoms with E-state index in [9.17, 15) is 14.7 Å². The van der Waals surface area contributed by atoms with Crippen LogP contribution in [0.5, 0.6) is 0 Å². The number of benzene rings is 2. The fourth-order valence-corrected chi connectivity index (χ4v) is 9.20. The summed E-state index contributed by atoms with van der Waals surface area (Å²) in [6.07, 6.45) is 11.7. The van der Waals surface area contributed by atoms with Gasteiger partial charge >= 0.3 is 5.97 Å². The average Bonchev–Trinajstić information content (AvgIpc) is 3.85. The van der Waals surface area contributed by atoms with Gasteiger partial charge in [0.1, 0.15) is 11.8 Å². The Morgan fingerprint density at radius 1 is 0.843 bits per heavy atom. The molecule has 51 heavy (non-hydrogen) atoms. The van der Waals surface area contributed by atoms with Crippen molar-refractivity contribution in [3.8, 4) is 0 Å². The molecular formula is C39H48Cl2N4O6. The van der Waals surface area contributed by atoms with Gasteiger partial charge in [0.15, 0.2) is 5.78 Å². The van der Waals surface area contributed by atoms with Crippen molar-refractivity contribution in [3.63, 3.8) is 0 Å². The Morgan fingerprint density at radius 3 is 2.24 bits per heavy atom. The predicted octanol–water partition coefficient (Wildman–Crippen LogP) is 7.46. The first kappa shape index (κ1) is 36.4. The lowest BCUT2D eigenvalue weighted by Gasteiger charge is -2.53. The summed E-state index contributed by atoms with van der Waals surface area (Å²) in [7, 11) is 0. The number of rotatable bonds is 11. The molecule has 2 N–H and O–H groups in total. The first-order chi connectivity index (χ1) is 24.7. The number of Topliss-reactive ketones (excluding diaryl/α,β-unsaturated/α-hetero) is 1. The molecule has 1 amide bonds. The van der Waals surface area contributed by atoms with E-state index >= 15 is 4.79 Å². The number of fused-ring (bicyclic) bond motifs is 1. The smallest absolute Gasteiger partial charge is 0.306 e. The summed E-state index contributed by atoms with van der Waals surface area (Å²) in [5.74, 6) is -2.93. The number of ketones is 1. The minimum atomic E-state index is -1.30. The summed E-state index contributed by atoms with van der Waals surface area (Å²) >= 11 is 13.6. The lowest BCUT2D eigenvalue weighted by Crippen LogP contribution is -2.71. The molecular weight excluding hydrogens is 691 g/mol. The molecule has 1 atom stereocenters. The van der Waals surface area contributed by atoms with Crippen LogP contribution in [0.15, 0.2) is 47.1 Å². The number of carbonyl (C=O) groups is 3. The Bertz CT molecular complexity index is 1720. The van der Waals surface area contributed by atoms with Crippen molar-refractivity contribution in [3.05, 3.63) is 63.8 Å². The zero-order valence-electron chi connectivity index (χ0n) is 29.1. The molecule has 12 heteroatoms. The quantitative estimate of drug-likeness (QED) is 0.207. The third-order valence-electron chi connectivity index (χ3n) is 11.5. The number of carboxylic acids is 1. The molecule has 0 bridgehead atoms. The van der Waals surface area contributed by atoms with Crippen molar-refractivity contribution in [2.24, 2.45) is 5.92 Å². The van der Waals surface area contributed by atoms with E-state index in [1.807, 2.05) is 18.2 Å². The maximum atomic E-state index is 15.1. The van der Waals surface area contributed by atoms with Crippen molar-refractivity contribution >= 4 is 57.5 Å². The molecule has 274 valence electrons. The number of carboxylic acid groups (broad SMARTS) is 1. The molecule has 3 aromatic rings. The van der Waals surface area contributed by atoms with Gasteiger partial charge in [-0.15, -0.1) is 0 Å². The summed E-state index contributed by atoms with van der Waals surface area (Å²) in [5.41, 5.74) is 1.88. The number of aliphatic carboxylic acids is 1. The first-order valence-corrected chi connectivity index (χ1v) is 19.4. The van der Waals surface area contributed by atoms with E-state index in [1.54, 1.807) is 18.2 Å². The molecule has 2 aromatic carbocycles. The number of ether oxygens (including phenoxy) is 1. The van der Waals surface area contributed by atoms with Gasteiger partial charge in [0.05, 0.1) is 28.3 Å². The number of carbonyl (C=O) groups excluding carboxylic acids is 2. The van der Waals surface area contributed by atoms with Crippen LogP contribution in [-0.4, -0.2) is 94.7 Å². The van der Waals surface area contributed by atoms with E-state index in [1.165, 1.54) is 38.4 Å². The number of likely N-dealkylation sites (tertiary alicyclic amines) is 1. The van der Waals surface area contributed by atoms with Crippen LogP contribution in [0.4, 0.5) is 5.69 Å². The molecule has 10 nitrogen and oxygen atoms in total. The highest BCUT2D eigenvalue weighted by atomic mass is 35.5. The Labute approximate surface area is 309 Å². The number of piperazine rings is 1. The van der Waals surface area contributed by atoms with Crippen molar-refractivity contribution in [1.29, 1.82) is 0 Å². The van der Waals surface area contributed by atoms with Crippen LogP contribution in [0.2, 0.25) is 10.0 Å². The molecule has 2 aliphatic carbocycles. The lowest BCUT2D eigenvalue weighted by molar-refractivity contribution is -0.261. The summed E-state index contributed by atoms with van der Waals surface area (Å²) in [4.78, 5) is 47.1. The van der Waals surface area contributed by atoms with Crippen molar-refractivity contribution in [1.82, 2.24) is 14.7 Å². The minimum Gasteiger partial charge on any atom is -0.481 e. The Morgan fingerprint density at radius 2 is 1.53 bits per heavy atom. The van der Waals surface area contributed by atoms with E-state index < -0.39 is 11.8 Å². The van der Waals surface area contributed by atoms with Crippen LogP contribution in [0.3, 0.4) is 0 Å². The Hall–Kier alpha value is -2.99. The maximum absolute atomic E-state index is 15.1. The number of hydrogen-bond acceptors (Lipinski definition) is 8. The summed E-state index contributed by atoms with van der Waals surface area (Å²) in [5, 5.41) is 13.8. The van der Waals surface area contributed by atoms with Gasteiger partial charge in [0.25, 0.3) is 5.91 Å². The van der Waals surface area contributed by atoms with Crippen LogP contribution in [-0.2, 0) is 20.7 Å². The molecule has 2 aliphatic heterocycles. The monoisotopic (exact) mass is 738 g/mol. The third kappa shape index (κ3) is 7.73. The Balaban J connectivity index is 1.14. The van der Waals surface area contributed by atoms with E-state index in [0.717, 1.165) is 39.0 Å². The van der Waals surface area contributed by atoms with Crippen LogP contribution in [0.1, 0.15) is 86.6 Å². The largest absolute Gasteiger partial charge is 0.481 e. The van der Waals surface area contributed by atoms with E-state index in [2.05, 4.69) is 20.0 Å². The molecule has 4 fully saturated rings. The molecule has 7 rings (SSSR count). The summed E-state index contributed by atoms with van der Waals surface area (Å²) in [6.45, 7) is 4.62.